The lowest BCUT2D eigenvalue weighted by molar-refractivity contribution is -0.139. The molecule has 2 aromatic rings. The molecular weight excluding hydrogens is 533 g/mol. The molecule has 2 aromatic carbocycles. The maximum Gasteiger partial charge on any atom is 0.336 e. The molecule has 0 fully saturated rings. The van der Waals surface area contributed by atoms with Gasteiger partial charge in [-0.15, -0.1) is 0 Å². The molecule has 1 unspecified atom stereocenters. The lowest BCUT2D eigenvalue weighted by Gasteiger charge is -2.25. The molecular formula is C27H31Cl2N3O4S. The van der Waals surface area contributed by atoms with E-state index in [0.29, 0.717) is 40.6 Å². The lowest BCUT2D eigenvalue weighted by atomic mass is 10.1. The number of likely N-dealkylation sites (N-methyl/N-ethyl adjacent to an activating group) is 2. The highest BCUT2D eigenvalue weighted by atomic mass is 35.5. The Balaban J connectivity index is 1.48. The number of dihydropyridines is 1. The summed E-state index contributed by atoms with van der Waals surface area (Å²) in [6.07, 6.45) is -0.0300. The van der Waals surface area contributed by atoms with Gasteiger partial charge in [0.2, 0.25) is 0 Å². The summed E-state index contributed by atoms with van der Waals surface area (Å²) in [6.45, 7) is 3.88. The number of halogens is 2. The van der Waals surface area contributed by atoms with Crippen LogP contribution in [0.3, 0.4) is 0 Å². The summed E-state index contributed by atoms with van der Waals surface area (Å²) < 4.78 is 33.4. The summed E-state index contributed by atoms with van der Waals surface area (Å²) >= 11 is 12.6. The van der Waals surface area contributed by atoms with Crippen LogP contribution < -0.4 is 5.32 Å². The Morgan fingerprint density at radius 3 is 2.62 bits per heavy atom. The number of hydrogen-bond acceptors (Lipinski definition) is 7. The van der Waals surface area contributed by atoms with E-state index < -0.39 is 21.1 Å². The number of carbonyl (C=O) groups is 1. The highest BCUT2D eigenvalue weighted by molar-refractivity contribution is 7.95. The molecule has 4 rings (SSSR count). The number of hydrogen-bond donors (Lipinski definition) is 1. The Bertz CT molecular complexity index is 1340. The SMILES string of the molecule is CC1=C(C(=O)OCCN(C)Cc2ccccc2)CC2=C(CN(C)CC(c3cccc(Cl)c3Cl)S2(=O)=O)N1. The molecule has 2 aliphatic rings. The molecule has 198 valence electrons. The van der Waals surface area contributed by atoms with Crippen LogP contribution in [0.4, 0.5) is 0 Å². The van der Waals surface area contributed by atoms with E-state index in [9.17, 15) is 13.2 Å². The zero-order valence-corrected chi connectivity index (χ0v) is 23.5. The second kappa shape index (κ2) is 11.6. The number of nitrogens with one attached hydrogen (secondary N) is 1. The summed E-state index contributed by atoms with van der Waals surface area (Å²) in [7, 11) is -0.0491. The fraction of sp³-hybridized carbons (Fsp3) is 0.370. The Hall–Kier alpha value is -2.36. The molecule has 37 heavy (non-hydrogen) atoms. The molecule has 0 bridgehead atoms. The summed E-state index contributed by atoms with van der Waals surface area (Å²) in [5.74, 6) is -0.519. The van der Waals surface area contributed by atoms with Gasteiger partial charge in [0.05, 0.1) is 20.5 Å². The van der Waals surface area contributed by atoms with E-state index in [4.69, 9.17) is 27.9 Å². The van der Waals surface area contributed by atoms with E-state index in [1.807, 2.05) is 49.3 Å². The van der Waals surface area contributed by atoms with Gasteiger partial charge in [0.1, 0.15) is 11.9 Å². The molecule has 0 amide bonds. The van der Waals surface area contributed by atoms with E-state index >= 15 is 0 Å². The van der Waals surface area contributed by atoms with Gasteiger partial charge in [-0.05, 0) is 38.2 Å². The lowest BCUT2D eigenvalue weighted by Crippen LogP contribution is -2.31. The van der Waals surface area contributed by atoms with Crippen molar-refractivity contribution in [3.63, 3.8) is 0 Å². The monoisotopic (exact) mass is 563 g/mol. The first-order chi connectivity index (χ1) is 17.6. The maximum absolute atomic E-state index is 13.9. The molecule has 1 N–H and O–H groups in total. The number of sulfone groups is 1. The van der Waals surface area contributed by atoms with Gasteiger partial charge in [0.15, 0.2) is 9.84 Å². The van der Waals surface area contributed by atoms with Gasteiger partial charge in [0, 0.05) is 44.0 Å². The standard InChI is InChI=1S/C27H31Cl2N3O4S/c1-18-21(27(33)36-13-12-31(2)15-19-8-5-4-6-9-19)14-24-23(30-18)16-32(3)17-25(37(24,34)35)20-10-7-11-22(28)26(20)29/h4-11,25,30H,12-17H2,1-3H3. The second-order valence-electron chi connectivity index (χ2n) is 9.54. The normalized spacial score (nSPS) is 19.9. The van der Waals surface area contributed by atoms with Gasteiger partial charge in [-0.2, -0.15) is 0 Å². The highest BCUT2D eigenvalue weighted by Crippen LogP contribution is 2.41. The molecule has 0 aromatic heterocycles. The summed E-state index contributed by atoms with van der Waals surface area (Å²) in [5, 5.41) is 2.78. The minimum absolute atomic E-state index is 0.0300. The zero-order chi connectivity index (χ0) is 26.7. The molecule has 2 heterocycles. The fourth-order valence-electron chi connectivity index (χ4n) is 4.67. The maximum atomic E-state index is 13.9. The first-order valence-corrected chi connectivity index (χ1v) is 14.3. The van der Waals surface area contributed by atoms with Crippen LogP contribution in [0, 0.1) is 0 Å². The second-order valence-corrected chi connectivity index (χ2v) is 12.5. The number of esters is 1. The van der Waals surface area contributed by atoms with Crippen molar-refractivity contribution in [1.29, 1.82) is 0 Å². The van der Waals surface area contributed by atoms with Crippen molar-refractivity contribution in [3.05, 3.63) is 91.6 Å². The topological polar surface area (TPSA) is 79.0 Å². The molecule has 2 aliphatic heterocycles. The molecule has 10 heteroatoms. The van der Waals surface area contributed by atoms with Crippen molar-refractivity contribution in [1.82, 2.24) is 15.1 Å². The van der Waals surface area contributed by atoms with Crippen molar-refractivity contribution in [3.8, 4) is 0 Å². The molecule has 0 spiro atoms. The van der Waals surface area contributed by atoms with Crippen molar-refractivity contribution in [2.75, 3.05) is 40.3 Å². The van der Waals surface area contributed by atoms with E-state index in [1.54, 1.807) is 25.1 Å². The van der Waals surface area contributed by atoms with Crippen LogP contribution in [-0.4, -0.2) is 64.5 Å². The van der Waals surface area contributed by atoms with Crippen LogP contribution in [0.15, 0.2) is 70.4 Å². The Morgan fingerprint density at radius 1 is 1.16 bits per heavy atom. The number of allylic oxidation sites excluding steroid dienone is 2. The third kappa shape index (κ3) is 6.21. The highest BCUT2D eigenvalue weighted by Gasteiger charge is 2.41. The number of carbonyl (C=O) groups excluding carboxylic acids is 1. The zero-order valence-electron chi connectivity index (χ0n) is 21.1. The predicted molar refractivity (Wildman–Crippen MR) is 147 cm³/mol. The first-order valence-electron chi connectivity index (χ1n) is 12.0. The van der Waals surface area contributed by atoms with Gasteiger partial charge < -0.3 is 10.1 Å². The molecule has 1 atom stereocenters. The van der Waals surface area contributed by atoms with Crippen LogP contribution in [0.1, 0.15) is 29.7 Å². The van der Waals surface area contributed by atoms with Gasteiger partial charge >= 0.3 is 5.97 Å². The largest absolute Gasteiger partial charge is 0.461 e. The molecule has 7 nitrogen and oxygen atoms in total. The van der Waals surface area contributed by atoms with Gasteiger partial charge in [0.25, 0.3) is 0 Å². The third-order valence-corrected chi connectivity index (χ3v) is 9.73. The smallest absolute Gasteiger partial charge is 0.336 e. The van der Waals surface area contributed by atoms with Gasteiger partial charge in [-0.25, -0.2) is 13.2 Å². The van der Waals surface area contributed by atoms with Crippen molar-refractivity contribution in [2.24, 2.45) is 0 Å². The summed E-state index contributed by atoms with van der Waals surface area (Å²) in [5.41, 5.74) is 3.10. The Kier molecular flexibility index (Phi) is 8.66. The minimum Gasteiger partial charge on any atom is -0.461 e. The molecule has 0 radical (unpaired) electrons. The number of benzene rings is 2. The number of rotatable bonds is 7. The Labute approximate surface area is 228 Å². The average molecular weight is 565 g/mol. The van der Waals surface area contributed by atoms with E-state index in [2.05, 4.69) is 10.2 Å². The predicted octanol–water partition coefficient (Wildman–Crippen LogP) is 4.55. The fourth-order valence-corrected chi connectivity index (χ4v) is 7.31. The average Bonchev–Trinajstić information content (AvgIpc) is 2.93. The van der Waals surface area contributed by atoms with Crippen molar-refractivity contribution < 1.29 is 17.9 Å². The van der Waals surface area contributed by atoms with Crippen LogP contribution in [0.2, 0.25) is 10.0 Å². The van der Waals surface area contributed by atoms with Gasteiger partial charge in [-0.1, -0.05) is 65.7 Å². The summed E-state index contributed by atoms with van der Waals surface area (Å²) in [4.78, 5) is 17.2. The molecule has 0 aliphatic carbocycles. The van der Waals surface area contributed by atoms with E-state index in [1.165, 1.54) is 5.56 Å². The molecule has 0 saturated heterocycles. The Morgan fingerprint density at radius 2 is 1.89 bits per heavy atom. The number of ether oxygens (including phenoxy) is 1. The quantitative estimate of drug-likeness (QED) is 0.495. The van der Waals surface area contributed by atoms with Gasteiger partial charge in [-0.3, -0.25) is 9.80 Å². The van der Waals surface area contributed by atoms with Crippen LogP contribution in [-0.2, 0) is 25.9 Å². The van der Waals surface area contributed by atoms with Crippen LogP contribution in [0.5, 0.6) is 0 Å². The van der Waals surface area contributed by atoms with Crippen molar-refractivity contribution >= 4 is 39.0 Å². The van der Waals surface area contributed by atoms with E-state index in [-0.39, 0.29) is 29.5 Å². The molecule has 0 saturated carbocycles. The van der Waals surface area contributed by atoms with Crippen LogP contribution in [0.25, 0.3) is 0 Å². The van der Waals surface area contributed by atoms with E-state index in [0.717, 1.165) is 6.54 Å². The van der Waals surface area contributed by atoms with Crippen LogP contribution >= 0.6 is 23.2 Å². The minimum atomic E-state index is -3.86. The first kappa shape index (κ1) is 27.7. The summed E-state index contributed by atoms with van der Waals surface area (Å²) in [6, 6.07) is 15.1. The number of nitrogens with zero attached hydrogens (tertiary/aromatic N) is 2. The third-order valence-electron chi connectivity index (χ3n) is 6.66. The van der Waals surface area contributed by atoms with Crippen molar-refractivity contribution in [2.45, 2.75) is 25.1 Å².